The van der Waals surface area contributed by atoms with Crippen LogP contribution < -0.4 is 4.90 Å². The molecule has 2 heteroatoms. The molecule has 18 heavy (non-hydrogen) atoms. The topological polar surface area (TPSA) is 6.48 Å². The lowest BCUT2D eigenvalue weighted by molar-refractivity contribution is 0.194. The molecule has 2 atom stereocenters. The first-order valence-electron chi connectivity index (χ1n) is 7.36. The summed E-state index contributed by atoms with van der Waals surface area (Å²) < 4.78 is 0. The minimum absolute atomic E-state index is 0.695. The van der Waals surface area contributed by atoms with E-state index in [9.17, 15) is 0 Å². The molecule has 0 aromatic heterocycles. The molecule has 0 N–H and O–H groups in total. The van der Waals surface area contributed by atoms with Crippen molar-refractivity contribution in [2.75, 3.05) is 24.5 Å². The molecule has 0 bridgehead atoms. The van der Waals surface area contributed by atoms with E-state index in [0.717, 1.165) is 6.04 Å². The third-order valence-electron chi connectivity index (χ3n) is 4.69. The summed E-state index contributed by atoms with van der Waals surface area (Å²) in [4.78, 5) is 5.38. The second-order valence-electron chi connectivity index (χ2n) is 5.79. The highest BCUT2D eigenvalue weighted by Gasteiger charge is 2.35. The van der Waals surface area contributed by atoms with E-state index in [-0.39, 0.29) is 0 Å². The van der Waals surface area contributed by atoms with Gasteiger partial charge in [0.1, 0.15) is 0 Å². The van der Waals surface area contributed by atoms with Crippen LogP contribution in [0.5, 0.6) is 0 Å². The molecule has 2 nitrogen and oxygen atoms in total. The van der Waals surface area contributed by atoms with E-state index in [2.05, 4.69) is 47.9 Å². The molecule has 2 fully saturated rings. The Hall–Kier alpha value is -1.02. The molecular weight excluding hydrogens is 220 g/mol. The molecule has 2 saturated heterocycles. The second-order valence-corrected chi connectivity index (χ2v) is 5.79. The molecule has 1 aromatic carbocycles. The molecule has 0 spiro atoms. The Morgan fingerprint density at radius 2 is 2.06 bits per heavy atom. The van der Waals surface area contributed by atoms with Gasteiger partial charge in [-0.25, -0.2) is 0 Å². The van der Waals surface area contributed by atoms with E-state index in [1.807, 2.05) is 0 Å². The van der Waals surface area contributed by atoms with Crippen LogP contribution in [-0.4, -0.2) is 36.6 Å². The number of hydrogen-bond donors (Lipinski definition) is 0. The third-order valence-corrected chi connectivity index (χ3v) is 4.69. The molecule has 0 aliphatic carbocycles. The molecule has 2 unspecified atom stereocenters. The van der Waals surface area contributed by atoms with Gasteiger partial charge in [0.05, 0.1) is 0 Å². The van der Waals surface area contributed by atoms with Crippen molar-refractivity contribution in [1.82, 2.24) is 4.90 Å². The number of piperazine rings is 1. The van der Waals surface area contributed by atoms with Gasteiger partial charge < -0.3 is 4.90 Å². The van der Waals surface area contributed by atoms with Crippen molar-refractivity contribution in [3.05, 3.63) is 29.8 Å². The summed E-state index contributed by atoms with van der Waals surface area (Å²) in [5, 5.41) is 0. The maximum atomic E-state index is 2.71. The minimum atomic E-state index is 0.695. The number of hydrogen-bond acceptors (Lipinski definition) is 2. The van der Waals surface area contributed by atoms with Crippen LogP contribution in [-0.2, 0) is 0 Å². The molecule has 2 heterocycles. The van der Waals surface area contributed by atoms with Gasteiger partial charge in [0.25, 0.3) is 0 Å². The predicted molar refractivity (Wildman–Crippen MR) is 77.2 cm³/mol. The quantitative estimate of drug-likeness (QED) is 0.789. The third kappa shape index (κ3) is 2.03. The first kappa shape index (κ1) is 12.0. The first-order chi connectivity index (χ1) is 8.79. The molecular formula is C16H24N2. The standard InChI is InChI=1S/C16H24N2/c1-3-14-11-17-10-6-8-15(17)12-18(14)16-9-5-4-7-13(16)2/h4-5,7,9,14-15H,3,6,8,10-12H2,1-2H3. The van der Waals surface area contributed by atoms with Crippen LogP contribution in [0.4, 0.5) is 5.69 Å². The van der Waals surface area contributed by atoms with Crippen LogP contribution in [0.25, 0.3) is 0 Å². The van der Waals surface area contributed by atoms with Crippen molar-refractivity contribution in [2.45, 2.75) is 45.2 Å². The van der Waals surface area contributed by atoms with Crippen molar-refractivity contribution in [1.29, 1.82) is 0 Å². The zero-order chi connectivity index (χ0) is 12.5. The van der Waals surface area contributed by atoms with Gasteiger partial charge in [-0.05, 0) is 44.4 Å². The van der Waals surface area contributed by atoms with Crippen LogP contribution >= 0.6 is 0 Å². The van der Waals surface area contributed by atoms with E-state index in [1.54, 1.807) is 0 Å². The fraction of sp³-hybridized carbons (Fsp3) is 0.625. The molecule has 2 aliphatic rings. The van der Waals surface area contributed by atoms with Crippen molar-refractivity contribution >= 4 is 5.69 Å². The average molecular weight is 244 g/mol. The summed E-state index contributed by atoms with van der Waals surface area (Å²) in [7, 11) is 0. The van der Waals surface area contributed by atoms with Gasteiger partial charge in [-0.3, -0.25) is 4.90 Å². The fourth-order valence-corrected chi connectivity index (χ4v) is 3.62. The number of benzene rings is 1. The minimum Gasteiger partial charge on any atom is -0.365 e. The van der Waals surface area contributed by atoms with Crippen LogP contribution in [0.2, 0.25) is 0 Å². The largest absolute Gasteiger partial charge is 0.365 e. The number of fused-ring (bicyclic) bond motifs is 1. The Bertz CT molecular complexity index is 415. The van der Waals surface area contributed by atoms with Gasteiger partial charge in [0, 0.05) is 30.9 Å². The molecule has 3 rings (SSSR count). The highest BCUT2D eigenvalue weighted by Crippen LogP contribution is 2.31. The fourth-order valence-electron chi connectivity index (χ4n) is 3.62. The molecule has 98 valence electrons. The normalized spacial score (nSPS) is 28.4. The number of para-hydroxylation sites is 1. The summed E-state index contributed by atoms with van der Waals surface area (Å²) >= 11 is 0. The Morgan fingerprint density at radius 3 is 2.83 bits per heavy atom. The van der Waals surface area contributed by atoms with Gasteiger partial charge in [0.15, 0.2) is 0 Å². The zero-order valence-corrected chi connectivity index (χ0v) is 11.6. The average Bonchev–Trinajstić information content (AvgIpc) is 2.85. The second kappa shape index (κ2) is 4.93. The summed E-state index contributed by atoms with van der Waals surface area (Å²) in [6.45, 7) is 8.37. The van der Waals surface area contributed by atoms with Gasteiger partial charge in [0.2, 0.25) is 0 Å². The molecule has 0 amide bonds. The van der Waals surface area contributed by atoms with Crippen molar-refractivity contribution in [3.8, 4) is 0 Å². The van der Waals surface area contributed by atoms with E-state index in [0.29, 0.717) is 6.04 Å². The van der Waals surface area contributed by atoms with Gasteiger partial charge in [-0.1, -0.05) is 25.1 Å². The smallest absolute Gasteiger partial charge is 0.0415 e. The highest BCUT2D eigenvalue weighted by molar-refractivity contribution is 5.54. The molecule has 1 aromatic rings. The van der Waals surface area contributed by atoms with Gasteiger partial charge >= 0.3 is 0 Å². The molecule has 2 aliphatic heterocycles. The number of aryl methyl sites for hydroxylation is 1. The summed E-state index contributed by atoms with van der Waals surface area (Å²) in [6, 6.07) is 10.3. The lowest BCUT2D eigenvalue weighted by atomic mass is 10.0. The Labute approximate surface area is 111 Å². The van der Waals surface area contributed by atoms with E-state index in [1.165, 1.54) is 50.1 Å². The van der Waals surface area contributed by atoms with Crippen LogP contribution in [0.3, 0.4) is 0 Å². The zero-order valence-electron chi connectivity index (χ0n) is 11.6. The van der Waals surface area contributed by atoms with Crippen LogP contribution in [0, 0.1) is 6.92 Å². The lowest BCUT2D eigenvalue weighted by Gasteiger charge is -2.45. The highest BCUT2D eigenvalue weighted by atomic mass is 15.3. The molecule has 0 radical (unpaired) electrons. The van der Waals surface area contributed by atoms with E-state index >= 15 is 0 Å². The van der Waals surface area contributed by atoms with Gasteiger partial charge in [-0.15, -0.1) is 0 Å². The number of rotatable bonds is 2. The lowest BCUT2D eigenvalue weighted by Crippen LogP contribution is -2.56. The monoisotopic (exact) mass is 244 g/mol. The Kier molecular flexibility index (Phi) is 3.29. The maximum absolute atomic E-state index is 2.71. The maximum Gasteiger partial charge on any atom is 0.0415 e. The van der Waals surface area contributed by atoms with Crippen LogP contribution in [0.1, 0.15) is 31.7 Å². The predicted octanol–water partition coefficient (Wildman–Crippen LogP) is 3.06. The van der Waals surface area contributed by atoms with E-state index in [4.69, 9.17) is 0 Å². The van der Waals surface area contributed by atoms with Crippen LogP contribution in [0.15, 0.2) is 24.3 Å². The summed E-state index contributed by atoms with van der Waals surface area (Å²) in [5.74, 6) is 0. The van der Waals surface area contributed by atoms with Crippen molar-refractivity contribution in [3.63, 3.8) is 0 Å². The van der Waals surface area contributed by atoms with Crippen molar-refractivity contribution < 1.29 is 0 Å². The molecule has 0 saturated carbocycles. The first-order valence-corrected chi connectivity index (χ1v) is 7.36. The number of anilines is 1. The summed E-state index contributed by atoms with van der Waals surface area (Å²) in [5.41, 5.74) is 2.87. The summed E-state index contributed by atoms with van der Waals surface area (Å²) in [6.07, 6.45) is 4.03. The van der Waals surface area contributed by atoms with Gasteiger partial charge in [-0.2, -0.15) is 0 Å². The SMILES string of the molecule is CCC1CN2CCCC2CN1c1ccccc1C. The van der Waals surface area contributed by atoms with E-state index < -0.39 is 0 Å². The Balaban J connectivity index is 1.87. The number of nitrogens with zero attached hydrogens (tertiary/aromatic N) is 2. The van der Waals surface area contributed by atoms with Crippen molar-refractivity contribution in [2.24, 2.45) is 0 Å². The Morgan fingerprint density at radius 1 is 1.22 bits per heavy atom.